The van der Waals surface area contributed by atoms with Gasteiger partial charge in [0.2, 0.25) is 0 Å². The molecular formula is C19H17NO2S2. The molecule has 24 heavy (non-hydrogen) atoms. The third-order valence-corrected chi connectivity index (χ3v) is 5.34. The van der Waals surface area contributed by atoms with Gasteiger partial charge in [0, 0.05) is 5.56 Å². The number of hydrogen-bond donors (Lipinski definition) is 0. The lowest BCUT2D eigenvalue weighted by Crippen LogP contribution is -2.28. The zero-order valence-corrected chi connectivity index (χ0v) is 15.3. The van der Waals surface area contributed by atoms with Gasteiger partial charge in [-0.05, 0) is 43.2 Å². The van der Waals surface area contributed by atoms with Crippen molar-refractivity contribution in [1.29, 1.82) is 0 Å². The summed E-state index contributed by atoms with van der Waals surface area (Å²) in [5.74, 6) is 0.638. The Morgan fingerprint density at radius 2 is 1.88 bits per heavy atom. The van der Waals surface area contributed by atoms with E-state index < -0.39 is 0 Å². The molecule has 0 atom stereocenters. The van der Waals surface area contributed by atoms with Crippen molar-refractivity contribution in [3.8, 4) is 5.75 Å². The second-order valence-corrected chi connectivity index (χ2v) is 7.15. The highest BCUT2D eigenvalue weighted by Crippen LogP contribution is 2.38. The number of methoxy groups -OCH3 is 1. The number of anilines is 1. The Labute approximate surface area is 151 Å². The molecule has 0 saturated carbocycles. The number of aryl methyl sites for hydroxylation is 1. The van der Waals surface area contributed by atoms with Crippen LogP contribution in [0.1, 0.15) is 16.7 Å². The molecule has 0 N–H and O–H groups in total. The van der Waals surface area contributed by atoms with E-state index >= 15 is 0 Å². The molecule has 3 nitrogen and oxygen atoms in total. The first-order chi connectivity index (χ1) is 11.5. The first-order valence-electron chi connectivity index (χ1n) is 7.50. The van der Waals surface area contributed by atoms with E-state index in [0.717, 1.165) is 28.1 Å². The molecule has 0 unspecified atom stereocenters. The Morgan fingerprint density at radius 3 is 2.62 bits per heavy atom. The van der Waals surface area contributed by atoms with E-state index in [4.69, 9.17) is 17.0 Å². The zero-order valence-electron chi connectivity index (χ0n) is 13.7. The molecule has 1 aliphatic rings. The van der Waals surface area contributed by atoms with Gasteiger partial charge in [0.15, 0.2) is 4.32 Å². The van der Waals surface area contributed by atoms with Gasteiger partial charge in [0.1, 0.15) is 5.75 Å². The molecule has 1 saturated heterocycles. The van der Waals surface area contributed by atoms with Crippen molar-refractivity contribution in [1.82, 2.24) is 0 Å². The number of nitrogens with zero attached hydrogens (tertiary/aromatic N) is 1. The van der Waals surface area contributed by atoms with Gasteiger partial charge in [0.25, 0.3) is 5.91 Å². The maximum Gasteiger partial charge on any atom is 0.270 e. The van der Waals surface area contributed by atoms with Crippen molar-refractivity contribution in [2.45, 2.75) is 13.8 Å². The fraction of sp³-hybridized carbons (Fsp3) is 0.158. The molecule has 0 aromatic heterocycles. The monoisotopic (exact) mass is 355 g/mol. The predicted octanol–water partition coefficient (Wildman–Crippen LogP) is 4.72. The van der Waals surface area contributed by atoms with Gasteiger partial charge in [-0.15, -0.1) is 0 Å². The van der Waals surface area contributed by atoms with Crippen molar-refractivity contribution in [3.05, 3.63) is 64.1 Å². The van der Waals surface area contributed by atoms with Crippen molar-refractivity contribution >= 4 is 46.0 Å². The van der Waals surface area contributed by atoms with Crippen LogP contribution < -0.4 is 9.64 Å². The number of para-hydroxylation sites is 1. The van der Waals surface area contributed by atoms with Crippen LogP contribution in [0.2, 0.25) is 0 Å². The standard InChI is InChI=1S/C19H17NO2S2/c1-12-7-6-9-15(13(12)2)20-18(21)17(24-19(20)23)11-14-8-4-5-10-16(14)22-3/h4-11H,1-3H3/b17-11+. The summed E-state index contributed by atoms with van der Waals surface area (Å²) >= 11 is 6.77. The summed E-state index contributed by atoms with van der Waals surface area (Å²) < 4.78 is 5.90. The molecule has 1 fully saturated rings. The maximum absolute atomic E-state index is 12.9. The fourth-order valence-corrected chi connectivity index (χ4v) is 3.86. The van der Waals surface area contributed by atoms with Gasteiger partial charge in [0.05, 0.1) is 17.7 Å². The van der Waals surface area contributed by atoms with Crippen LogP contribution in [0.5, 0.6) is 5.75 Å². The van der Waals surface area contributed by atoms with E-state index in [0.29, 0.717) is 9.23 Å². The van der Waals surface area contributed by atoms with E-state index in [1.54, 1.807) is 12.0 Å². The molecule has 122 valence electrons. The highest BCUT2D eigenvalue weighted by molar-refractivity contribution is 8.27. The Kier molecular flexibility index (Phi) is 4.73. The first-order valence-corrected chi connectivity index (χ1v) is 8.72. The number of thiocarbonyl (C=S) groups is 1. The topological polar surface area (TPSA) is 29.5 Å². The summed E-state index contributed by atoms with van der Waals surface area (Å²) in [6.07, 6.45) is 1.84. The molecule has 2 aromatic rings. The molecule has 0 radical (unpaired) electrons. The van der Waals surface area contributed by atoms with Crippen LogP contribution in [0.25, 0.3) is 6.08 Å². The molecule has 5 heteroatoms. The summed E-state index contributed by atoms with van der Waals surface area (Å²) in [6, 6.07) is 13.5. The smallest absolute Gasteiger partial charge is 0.270 e. The number of benzene rings is 2. The van der Waals surface area contributed by atoms with Crippen LogP contribution in [0.15, 0.2) is 47.4 Å². The Bertz CT molecular complexity index is 858. The first kappa shape index (κ1) is 16.7. The SMILES string of the molecule is COc1ccccc1/C=C1/SC(=S)N(c2cccc(C)c2C)C1=O. The third kappa shape index (κ3) is 2.97. The van der Waals surface area contributed by atoms with E-state index in [1.165, 1.54) is 11.8 Å². The van der Waals surface area contributed by atoms with Gasteiger partial charge in [-0.25, -0.2) is 0 Å². The maximum atomic E-state index is 12.9. The van der Waals surface area contributed by atoms with Gasteiger partial charge in [-0.3, -0.25) is 9.69 Å². The lowest BCUT2D eigenvalue weighted by molar-refractivity contribution is -0.113. The summed E-state index contributed by atoms with van der Waals surface area (Å²) in [4.78, 5) is 15.1. The fourth-order valence-electron chi connectivity index (χ4n) is 2.58. The summed E-state index contributed by atoms with van der Waals surface area (Å²) in [5, 5.41) is 0. The van der Waals surface area contributed by atoms with Crippen molar-refractivity contribution < 1.29 is 9.53 Å². The second kappa shape index (κ2) is 6.79. The molecular weight excluding hydrogens is 338 g/mol. The third-order valence-electron chi connectivity index (χ3n) is 4.04. The number of amides is 1. The molecule has 0 spiro atoms. The van der Waals surface area contributed by atoms with Crippen molar-refractivity contribution in [2.75, 3.05) is 12.0 Å². The number of hydrogen-bond acceptors (Lipinski definition) is 4. The summed E-state index contributed by atoms with van der Waals surface area (Å²) in [5.41, 5.74) is 3.91. The highest BCUT2D eigenvalue weighted by atomic mass is 32.2. The van der Waals surface area contributed by atoms with Gasteiger partial charge in [-0.2, -0.15) is 0 Å². The Hall–Kier alpha value is -2.11. The van der Waals surface area contributed by atoms with Gasteiger partial charge in [-0.1, -0.05) is 54.3 Å². The largest absolute Gasteiger partial charge is 0.496 e. The van der Waals surface area contributed by atoms with Crippen LogP contribution in [-0.2, 0) is 4.79 Å². The molecule has 1 amide bonds. The summed E-state index contributed by atoms with van der Waals surface area (Å²) in [7, 11) is 1.62. The lowest BCUT2D eigenvalue weighted by atomic mass is 10.1. The highest BCUT2D eigenvalue weighted by Gasteiger charge is 2.34. The number of rotatable bonds is 3. The minimum absolute atomic E-state index is 0.0930. The molecule has 3 rings (SSSR count). The molecule has 1 heterocycles. The second-order valence-electron chi connectivity index (χ2n) is 5.48. The number of thioether (sulfide) groups is 1. The van der Waals surface area contributed by atoms with E-state index in [-0.39, 0.29) is 5.91 Å². The number of carbonyl (C=O) groups is 1. The average molecular weight is 355 g/mol. The molecule has 0 aliphatic carbocycles. The number of ether oxygens (including phenoxy) is 1. The number of carbonyl (C=O) groups excluding carboxylic acids is 1. The average Bonchev–Trinajstić information content (AvgIpc) is 2.85. The minimum atomic E-state index is -0.0930. The predicted molar refractivity (Wildman–Crippen MR) is 105 cm³/mol. The quantitative estimate of drug-likeness (QED) is 0.589. The van der Waals surface area contributed by atoms with Crippen molar-refractivity contribution in [2.24, 2.45) is 0 Å². The lowest BCUT2D eigenvalue weighted by Gasteiger charge is -2.18. The molecule has 1 aliphatic heterocycles. The van der Waals surface area contributed by atoms with Gasteiger partial charge < -0.3 is 4.74 Å². The van der Waals surface area contributed by atoms with E-state index in [9.17, 15) is 4.79 Å². The molecule has 2 aromatic carbocycles. The zero-order chi connectivity index (χ0) is 17.3. The van der Waals surface area contributed by atoms with Crippen LogP contribution in [0.3, 0.4) is 0 Å². The van der Waals surface area contributed by atoms with Crippen molar-refractivity contribution in [3.63, 3.8) is 0 Å². The Morgan fingerprint density at radius 1 is 1.12 bits per heavy atom. The Balaban J connectivity index is 2.00. The minimum Gasteiger partial charge on any atom is -0.496 e. The molecule has 0 bridgehead atoms. The van der Waals surface area contributed by atoms with Crippen LogP contribution >= 0.6 is 24.0 Å². The van der Waals surface area contributed by atoms with Gasteiger partial charge >= 0.3 is 0 Å². The van der Waals surface area contributed by atoms with Crippen LogP contribution in [-0.4, -0.2) is 17.3 Å². The van der Waals surface area contributed by atoms with E-state index in [2.05, 4.69) is 0 Å². The normalized spacial score (nSPS) is 16.1. The van der Waals surface area contributed by atoms with Crippen LogP contribution in [0.4, 0.5) is 5.69 Å². The van der Waals surface area contributed by atoms with Crippen LogP contribution in [0, 0.1) is 13.8 Å². The summed E-state index contributed by atoms with van der Waals surface area (Å²) in [6.45, 7) is 4.04. The van der Waals surface area contributed by atoms with E-state index in [1.807, 2.05) is 62.4 Å².